The second-order valence-corrected chi connectivity index (χ2v) is 9.09. The van der Waals surface area contributed by atoms with Crippen molar-refractivity contribution in [3.05, 3.63) is 47.0 Å². The highest BCUT2D eigenvalue weighted by Crippen LogP contribution is 2.51. The smallest absolute Gasteiger partial charge is 0.312 e. The average molecular weight is 449 g/mol. The van der Waals surface area contributed by atoms with Gasteiger partial charge in [-0.1, -0.05) is 6.07 Å². The first kappa shape index (κ1) is 20.1. The zero-order valence-corrected chi connectivity index (χ0v) is 18.2. The van der Waals surface area contributed by atoms with E-state index in [9.17, 15) is 14.4 Å². The number of carbonyl (C=O) groups is 3. The SMILES string of the molecule is CC(=O)N1CCC2(CC1)CC(=O)c1ccc3c(c1O2)C(c1ccc2c(c1)OCO2)CC(=O)O3. The van der Waals surface area contributed by atoms with Crippen LogP contribution >= 0.6 is 0 Å². The minimum absolute atomic E-state index is 0.0108. The summed E-state index contributed by atoms with van der Waals surface area (Å²) in [5, 5.41) is 0. The van der Waals surface area contributed by atoms with Gasteiger partial charge in [0.05, 0.1) is 18.4 Å². The van der Waals surface area contributed by atoms with Crippen molar-refractivity contribution in [2.45, 2.75) is 44.1 Å². The monoisotopic (exact) mass is 449 g/mol. The van der Waals surface area contributed by atoms with E-state index in [-0.39, 0.29) is 43.2 Å². The van der Waals surface area contributed by atoms with Crippen LogP contribution in [0.15, 0.2) is 30.3 Å². The second-order valence-electron chi connectivity index (χ2n) is 9.09. The van der Waals surface area contributed by atoms with Gasteiger partial charge in [-0.15, -0.1) is 0 Å². The zero-order valence-electron chi connectivity index (χ0n) is 18.2. The maximum absolute atomic E-state index is 13.2. The van der Waals surface area contributed by atoms with Gasteiger partial charge in [0.1, 0.15) is 17.1 Å². The predicted octanol–water partition coefficient (Wildman–Crippen LogP) is 3.20. The van der Waals surface area contributed by atoms with E-state index in [4.69, 9.17) is 18.9 Å². The number of ether oxygens (including phenoxy) is 4. The number of likely N-dealkylation sites (tertiary alicyclic amines) is 1. The first-order valence-electron chi connectivity index (χ1n) is 11.2. The number of ketones is 1. The summed E-state index contributed by atoms with van der Waals surface area (Å²) in [5.74, 6) is 1.56. The van der Waals surface area contributed by atoms with Crippen molar-refractivity contribution in [3.8, 4) is 23.0 Å². The maximum atomic E-state index is 13.2. The van der Waals surface area contributed by atoms with Gasteiger partial charge < -0.3 is 23.8 Å². The molecule has 1 saturated heterocycles. The van der Waals surface area contributed by atoms with Gasteiger partial charge in [-0.2, -0.15) is 0 Å². The Hall–Kier alpha value is -3.55. The van der Waals surface area contributed by atoms with E-state index in [0.29, 0.717) is 60.1 Å². The maximum Gasteiger partial charge on any atom is 0.312 e. The lowest BCUT2D eigenvalue weighted by atomic mass is 9.79. The second kappa shape index (κ2) is 7.23. The average Bonchev–Trinajstić information content (AvgIpc) is 3.26. The molecule has 8 heteroatoms. The lowest BCUT2D eigenvalue weighted by Crippen LogP contribution is -2.52. The van der Waals surface area contributed by atoms with Crippen LogP contribution < -0.4 is 18.9 Å². The Morgan fingerprint density at radius 2 is 1.79 bits per heavy atom. The summed E-state index contributed by atoms with van der Waals surface area (Å²) in [7, 11) is 0. The lowest BCUT2D eigenvalue weighted by Gasteiger charge is -2.45. The fraction of sp³-hybridized carbons (Fsp3) is 0.400. The molecule has 1 amide bonds. The quantitative estimate of drug-likeness (QED) is 0.488. The zero-order chi connectivity index (χ0) is 22.7. The Balaban J connectivity index is 1.43. The molecule has 170 valence electrons. The molecule has 33 heavy (non-hydrogen) atoms. The first-order chi connectivity index (χ1) is 15.9. The largest absolute Gasteiger partial charge is 0.485 e. The van der Waals surface area contributed by atoms with Crippen LogP contribution in [0.3, 0.4) is 0 Å². The topological polar surface area (TPSA) is 91.4 Å². The number of amides is 1. The number of carbonyl (C=O) groups excluding carboxylic acids is 3. The Morgan fingerprint density at radius 1 is 1.03 bits per heavy atom. The van der Waals surface area contributed by atoms with E-state index in [1.807, 2.05) is 18.2 Å². The molecule has 0 N–H and O–H groups in total. The molecule has 1 unspecified atom stereocenters. The van der Waals surface area contributed by atoms with Gasteiger partial charge in [0.25, 0.3) is 0 Å². The predicted molar refractivity (Wildman–Crippen MR) is 115 cm³/mol. The molecule has 1 atom stereocenters. The highest BCUT2D eigenvalue weighted by Gasteiger charge is 2.46. The minimum Gasteiger partial charge on any atom is -0.485 e. The number of hydrogen-bond acceptors (Lipinski definition) is 7. The minimum atomic E-state index is -0.661. The summed E-state index contributed by atoms with van der Waals surface area (Å²) < 4.78 is 23.2. The van der Waals surface area contributed by atoms with Crippen molar-refractivity contribution in [2.75, 3.05) is 19.9 Å². The van der Waals surface area contributed by atoms with E-state index < -0.39 is 5.60 Å². The molecule has 1 spiro atoms. The fourth-order valence-electron chi connectivity index (χ4n) is 5.33. The van der Waals surface area contributed by atoms with E-state index in [2.05, 4.69) is 0 Å². The van der Waals surface area contributed by atoms with Crippen molar-refractivity contribution < 1.29 is 33.3 Å². The van der Waals surface area contributed by atoms with E-state index in [1.165, 1.54) is 0 Å². The number of hydrogen-bond donors (Lipinski definition) is 0. The van der Waals surface area contributed by atoms with Crippen molar-refractivity contribution in [1.29, 1.82) is 0 Å². The van der Waals surface area contributed by atoms with Crippen molar-refractivity contribution in [1.82, 2.24) is 4.90 Å². The van der Waals surface area contributed by atoms with Crippen LogP contribution in [0.5, 0.6) is 23.0 Å². The van der Waals surface area contributed by atoms with Crippen LogP contribution in [0, 0.1) is 0 Å². The summed E-state index contributed by atoms with van der Waals surface area (Å²) in [6.45, 7) is 2.82. The van der Waals surface area contributed by atoms with Gasteiger partial charge in [-0.3, -0.25) is 14.4 Å². The molecule has 0 aromatic heterocycles. The van der Waals surface area contributed by atoms with Crippen LogP contribution in [0.25, 0.3) is 0 Å². The Labute approximate surface area is 190 Å². The molecule has 0 radical (unpaired) electrons. The summed E-state index contributed by atoms with van der Waals surface area (Å²) in [4.78, 5) is 39.2. The van der Waals surface area contributed by atoms with Crippen LogP contribution in [0.2, 0.25) is 0 Å². The molecule has 0 aliphatic carbocycles. The van der Waals surface area contributed by atoms with Crippen molar-refractivity contribution >= 4 is 17.7 Å². The molecule has 0 saturated carbocycles. The van der Waals surface area contributed by atoms with Gasteiger partial charge in [-0.25, -0.2) is 0 Å². The van der Waals surface area contributed by atoms with Gasteiger partial charge >= 0.3 is 5.97 Å². The van der Waals surface area contributed by atoms with Gasteiger partial charge in [0, 0.05) is 44.3 Å². The van der Waals surface area contributed by atoms with Crippen LogP contribution in [-0.2, 0) is 9.59 Å². The molecular formula is C25H23NO7. The molecule has 4 aliphatic heterocycles. The van der Waals surface area contributed by atoms with Crippen LogP contribution in [0.4, 0.5) is 0 Å². The number of fused-ring (bicyclic) bond motifs is 4. The molecule has 1 fully saturated rings. The fourth-order valence-corrected chi connectivity index (χ4v) is 5.33. The molecule has 8 nitrogen and oxygen atoms in total. The highest BCUT2D eigenvalue weighted by atomic mass is 16.7. The van der Waals surface area contributed by atoms with Crippen LogP contribution in [-0.4, -0.2) is 48.0 Å². The normalized spacial score (nSPS) is 22.3. The van der Waals surface area contributed by atoms with Gasteiger partial charge in [0.15, 0.2) is 17.3 Å². The molecule has 2 aromatic carbocycles. The molecule has 4 heterocycles. The third-order valence-electron chi connectivity index (χ3n) is 7.12. The summed E-state index contributed by atoms with van der Waals surface area (Å²) in [5.41, 5.74) is 1.43. The number of esters is 1. The summed E-state index contributed by atoms with van der Waals surface area (Å²) in [6.07, 6.45) is 1.57. The number of benzene rings is 2. The number of piperidine rings is 1. The van der Waals surface area contributed by atoms with Gasteiger partial charge in [-0.05, 0) is 29.8 Å². The molecule has 6 rings (SSSR count). The number of nitrogens with zero attached hydrogens (tertiary/aromatic N) is 1. The van der Waals surface area contributed by atoms with Crippen molar-refractivity contribution in [3.63, 3.8) is 0 Å². The third kappa shape index (κ3) is 3.23. The third-order valence-corrected chi connectivity index (χ3v) is 7.12. The number of rotatable bonds is 1. The lowest BCUT2D eigenvalue weighted by molar-refractivity contribution is -0.135. The van der Waals surface area contributed by atoms with E-state index in [1.54, 1.807) is 24.0 Å². The number of Topliss-reactive ketones (excluding diaryl/α,β-unsaturated/α-hetero) is 1. The Morgan fingerprint density at radius 3 is 2.58 bits per heavy atom. The molecule has 4 aliphatic rings. The van der Waals surface area contributed by atoms with E-state index >= 15 is 0 Å². The Bertz CT molecular complexity index is 1200. The molecule has 0 bridgehead atoms. The van der Waals surface area contributed by atoms with Gasteiger partial charge in [0.2, 0.25) is 12.7 Å². The summed E-state index contributed by atoms with van der Waals surface area (Å²) >= 11 is 0. The van der Waals surface area contributed by atoms with E-state index in [0.717, 1.165) is 5.56 Å². The molecule has 2 aromatic rings. The molecular weight excluding hydrogens is 426 g/mol. The van der Waals surface area contributed by atoms with Crippen molar-refractivity contribution in [2.24, 2.45) is 0 Å². The summed E-state index contributed by atoms with van der Waals surface area (Å²) in [6, 6.07) is 8.98. The Kier molecular flexibility index (Phi) is 4.40. The first-order valence-corrected chi connectivity index (χ1v) is 11.2. The van der Waals surface area contributed by atoms with Crippen LogP contribution in [0.1, 0.15) is 60.0 Å². The standard InChI is InChI=1S/C25H23NO7/c1-14(27)26-8-6-25(7-9-26)12-18(28)16-3-5-20-23(24(16)33-25)17(11-22(29)32-20)15-2-4-19-21(10-15)31-13-30-19/h2-5,10,17H,6-9,11-13H2,1H3. The highest BCUT2D eigenvalue weighted by molar-refractivity contribution is 6.01.